The van der Waals surface area contributed by atoms with Gasteiger partial charge in [-0.1, -0.05) is 44.7 Å². The van der Waals surface area contributed by atoms with Crippen LogP contribution in [0.25, 0.3) is 11.1 Å². The third kappa shape index (κ3) is 5.88. The fourth-order valence-corrected chi connectivity index (χ4v) is 2.61. The van der Waals surface area contributed by atoms with E-state index < -0.39 is 11.7 Å². The predicted octanol–water partition coefficient (Wildman–Crippen LogP) is 6.20. The zero-order chi connectivity index (χ0) is 18.3. The number of aromatic nitrogens is 2. The number of unbranched alkanes of at least 4 members (excludes halogenated alkanes) is 4. The molecule has 0 saturated heterocycles. The lowest BCUT2D eigenvalue weighted by Gasteiger charge is -2.12. The van der Waals surface area contributed by atoms with Gasteiger partial charge >= 0.3 is 6.18 Å². The minimum absolute atomic E-state index is 0.101. The lowest BCUT2D eigenvalue weighted by Crippen LogP contribution is -2.06. The van der Waals surface area contributed by atoms with Gasteiger partial charge in [-0.25, -0.2) is 9.97 Å². The standard InChI is InChI=1S/C18H21ClF3N3/c1-2-3-4-5-6-11-23-16-15(12-24-17(19)25-16)13-7-9-14(10-8-13)18(20,21)22/h7-10,12H,2-6,11H2,1H3,(H,23,24,25). The van der Waals surface area contributed by atoms with E-state index in [4.69, 9.17) is 11.6 Å². The molecule has 25 heavy (non-hydrogen) atoms. The Balaban J connectivity index is 2.10. The molecular formula is C18H21ClF3N3. The van der Waals surface area contributed by atoms with E-state index in [1.165, 1.54) is 37.6 Å². The highest BCUT2D eigenvalue weighted by Crippen LogP contribution is 2.32. The Kier molecular flexibility index (Phi) is 7.05. The molecule has 1 aromatic carbocycles. The van der Waals surface area contributed by atoms with Crippen molar-refractivity contribution in [2.75, 3.05) is 11.9 Å². The van der Waals surface area contributed by atoms with Gasteiger partial charge in [0.2, 0.25) is 5.28 Å². The molecule has 2 aromatic rings. The molecule has 136 valence electrons. The van der Waals surface area contributed by atoms with E-state index in [-0.39, 0.29) is 5.28 Å². The molecule has 1 heterocycles. The number of nitrogens with one attached hydrogen (secondary N) is 1. The zero-order valence-corrected chi connectivity index (χ0v) is 14.8. The summed E-state index contributed by atoms with van der Waals surface area (Å²) >= 11 is 5.86. The average molecular weight is 372 g/mol. The fraction of sp³-hybridized carbons (Fsp3) is 0.444. The summed E-state index contributed by atoms with van der Waals surface area (Å²) in [5.74, 6) is 0.537. The highest BCUT2D eigenvalue weighted by atomic mass is 35.5. The van der Waals surface area contributed by atoms with Gasteiger partial charge in [0.05, 0.1) is 5.56 Å². The van der Waals surface area contributed by atoms with Crippen LogP contribution in [0.3, 0.4) is 0 Å². The van der Waals surface area contributed by atoms with Gasteiger partial charge in [-0.3, -0.25) is 0 Å². The second-order valence-corrected chi connectivity index (χ2v) is 6.16. The van der Waals surface area contributed by atoms with E-state index in [1.807, 2.05) is 0 Å². The topological polar surface area (TPSA) is 37.8 Å². The van der Waals surface area contributed by atoms with E-state index in [2.05, 4.69) is 22.2 Å². The molecule has 1 aromatic heterocycles. The number of hydrogen-bond donors (Lipinski definition) is 1. The molecule has 0 atom stereocenters. The van der Waals surface area contributed by atoms with Gasteiger partial charge in [0, 0.05) is 18.3 Å². The number of rotatable bonds is 8. The molecule has 0 aliphatic heterocycles. The minimum Gasteiger partial charge on any atom is -0.369 e. The van der Waals surface area contributed by atoms with E-state index in [9.17, 15) is 13.2 Å². The maximum Gasteiger partial charge on any atom is 0.416 e. The Hall–Kier alpha value is -1.82. The molecule has 0 amide bonds. The molecule has 0 spiro atoms. The molecule has 0 fully saturated rings. The van der Waals surface area contributed by atoms with Crippen molar-refractivity contribution in [1.29, 1.82) is 0 Å². The van der Waals surface area contributed by atoms with Crippen LogP contribution < -0.4 is 5.32 Å². The van der Waals surface area contributed by atoms with Crippen LogP contribution in [-0.2, 0) is 6.18 Å². The molecule has 3 nitrogen and oxygen atoms in total. The van der Waals surface area contributed by atoms with Gasteiger partial charge in [0.25, 0.3) is 0 Å². The monoisotopic (exact) mass is 371 g/mol. The van der Waals surface area contributed by atoms with Crippen LogP contribution in [0.1, 0.15) is 44.6 Å². The van der Waals surface area contributed by atoms with Crippen LogP contribution >= 0.6 is 11.6 Å². The summed E-state index contributed by atoms with van der Waals surface area (Å²) in [7, 11) is 0. The quantitative estimate of drug-likeness (QED) is 0.443. The molecule has 0 aliphatic carbocycles. The summed E-state index contributed by atoms with van der Waals surface area (Å²) in [4.78, 5) is 8.12. The predicted molar refractivity (Wildman–Crippen MR) is 94.7 cm³/mol. The first kappa shape index (κ1) is 19.5. The molecule has 0 saturated carbocycles. The van der Waals surface area contributed by atoms with Crippen LogP contribution in [0.15, 0.2) is 30.5 Å². The van der Waals surface area contributed by atoms with Crippen molar-refractivity contribution in [1.82, 2.24) is 9.97 Å². The Morgan fingerprint density at radius 3 is 2.36 bits per heavy atom. The van der Waals surface area contributed by atoms with Gasteiger partial charge in [0.1, 0.15) is 5.82 Å². The summed E-state index contributed by atoms with van der Waals surface area (Å²) in [6.07, 6.45) is 2.88. The number of benzene rings is 1. The summed E-state index contributed by atoms with van der Waals surface area (Å²) in [5.41, 5.74) is 0.557. The van der Waals surface area contributed by atoms with Gasteiger partial charge in [-0.2, -0.15) is 13.2 Å². The second kappa shape index (κ2) is 9.04. The molecule has 2 rings (SSSR count). The van der Waals surface area contributed by atoms with Crippen molar-refractivity contribution in [2.45, 2.75) is 45.2 Å². The number of alkyl halides is 3. The van der Waals surface area contributed by atoms with Crippen molar-refractivity contribution < 1.29 is 13.2 Å². The van der Waals surface area contributed by atoms with Crippen molar-refractivity contribution in [3.8, 4) is 11.1 Å². The maximum absolute atomic E-state index is 12.7. The molecule has 7 heteroatoms. The molecular weight excluding hydrogens is 351 g/mol. The van der Waals surface area contributed by atoms with Crippen LogP contribution in [0.5, 0.6) is 0 Å². The van der Waals surface area contributed by atoms with Crippen molar-refractivity contribution in [3.63, 3.8) is 0 Å². The number of nitrogens with zero attached hydrogens (tertiary/aromatic N) is 2. The third-order valence-corrected chi connectivity index (χ3v) is 4.04. The average Bonchev–Trinajstić information content (AvgIpc) is 2.57. The van der Waals surface area contributed by atoms with Crippen molar-refractivity contribution >= 4 is 17.4 Å². The second-order valence-electron chi connectivity index (χ2n) is 5.82. The first-order chi connectivity index (χ1) is 11.9. The number of halogens is 4. The lowest BCUT2D eigenvalue weighted by molar-refractivity contribution is -0.137. The first-order valence-corrected chi connectivity index (χ1v) is 8.73. The van der Waals surface area contributed by atoms with Gasteiger partial charge in [0.15, 0.2) is 0 Å². The van der Waals surface area contributed by atoms with Gasteiger partial charge in [-0.05, 0) is 35.7 Å². The highest BCUT2D eigenvalue weighted by molar-refractivity contribution is 6.28. The third-order valence-electron chi connectivity index (χ3n) is 3.86. The number of hydrogen-bond acceptors (Lipinski definition) is 3. The van der Waals surface area contributed by atoms with Crippen LogP contribution in [0.2, 0.25) is 5.28 Å². The van der Waals surface area contributed by atoms with E-state index in [0.717, 1.165) is 31.5 Å². The fourth-order valence-electron chi connectivity index (χ4n) is 2.48. The molecule has 0 unspecified atom stereocenters. The van der Waals surface area contributed by atoms with Crippen molar-refractivity contribution in [3.05, 3.63) is 41.3 Å². The zero-order valence-electron chi connectivity index (χ0n) is 14.0. The smallest absolute Gasteiger partial charge is 0.369 e. The highest BCUT2D eigenvalue weighted by Gasteiger charge is 2.30. The molecule has 0 aliphatic rings. The van der Waals surface area contributed by atoms with Crippen LogP contribution in [0, 0.1) is 0 Å². The summed E-state index contributed by atoms with van der Waals surface area (Å²) < 4.78 is 38.1. The van der Waals surface area contributed by atoms with Crippen LogP contribution in [-0.4, -0.2) is 16.5 Å². The maximum atomic E-state index is 12.7. The normalized spacial score (nSPS) is 11.6. The number of anilines is 1. The van der Waals surface area contributed by atoms with E-state index in [1.54, 1.807) is 0 Å². The first-order valence-electron chi connectivity index (χ1n) is 8.36. The Morgan fingerprint density at radius 2 is 1.72 bits per heavy atom. The Labute approximate surface area is 150 Å². The molecule has 0 radical (unpaired) electrons. The van der Waals surface area contributed by atoms with Crippen LogP contribution in [0.4, 0.5) is 19.0 Å². The van der Waals surface area contributed by atoms with Gasteiger partial charge < -0.3 is 5.32 Å². The Bertz CT molecular complexity index is 672. The van der Waals surface area contributed by atoms with Gasteiger partial charge in [-0.15, -0.1) is 0 Å². The summed E-state index contributed by atoms with van der Waals surface area (Å²) in [6.45, 7) is 2.89. The minimum atomic E-state index is -4.35. The van der Waals surface area contributed by atoms with E-state index in [0.29, 0.717) is 16.9 Å². The van der Waals surface area contributed by atoms with Crippen molar-refractivity contribution in [2.24, 2.45) is 0 Å². The molecule has 1 N–H and O–H groups in total. The SMILES string of the molecule is CCCCCCCNc1nc(Cl)ncc1-c1ccc(C(F)(F)F)cc1. The summed E-state index contributed by atoms with van der Waals surface area (Å²) in [5, 5.41) is 3.32. The Morgan fingerprint density at radius 1 is 1.04 bits per heavy atom. The summed E-state index contributed by atoms with van der Waals surface area (Å²) in [6, 6.07) is 4.95. The lowest BCUT2D eigenvalue weighted by atomic mass is 10.1. The largest absolute Gasteiger partial charge is 0.416 e. The van der Waals surface area contributed by atoms with E-state index >= 15 is 0 Å². The molecule has 0 bridgehead atoms.